The van der Waals surface area contributed by atoms with Crippen LogP contribution in [0.15, 0.2) is 54.6 Å². The Labute approximate surface area is 190 Å². The lowest BCUT2D eigenvalue weighted by Gasteiger charge is -2.39. The molecule has 2 aliphatic rings. The number of piperazine rings is 1. The number of methoxy groups -OCH3 is 1. The van der Waals surface area contributed by atoms with Crippen LogP contribution in [0.1, 0.15) is 54.7 Å². The summed E-state index contributed by atoms with van der Waals surface area (Å²) in [7, 11) is 1.74. The van der Waals surface area contributed by atoms with E-state index >= 15 is 0 Å². The van der Waals surface area contributed by atoms with Gasteiger partial charge in [0.25, 0.3) is 0 Å². The van der Waals surface area contributed by atoms with Crippen LogP contribution in [0.25, 0.3) is 0 Å². The number of para-hydroxylation sites is 1. The Morgan fingerprint density at radius 2 is 1.66 bits per heavy atom. The largest absolute Gasteiger partial charge is 0.496 e. The van der Waals surface area contributed by atoms with Crippen LogP contribution in [-0.4, -0.2) is 63.3 Å². The van der Waals surface area contributed by atoms with Crippen LogP contribution in [-0.2, 0) is 6.54 Å². The van der Waals surface area contributed by atoms with Gasteiger partial charge in [0.1, 0.15) is 11.8 Å². The van der Waals surface area contributed by atoms with Crippen molar-refractivity contribution < 1.29 is 4.74 Å². The van der Waals surface area contributed by atoms with Crippen LogP contribution >= 0.6 is 0 Å². The highest BCUT2D eigenvalue weighted by Gasteiger charge is 2.34. The SMILES string of the molecule is COc1ccccc1[C@@H](c1nnnn1C1CCCC1)N1CCN(Cc2ccccc2)CC1. The van der Waals surface area contributed by atoms with Gasteiger partial charge in [0.05, 0.1) is 13.2 Å². The number of nitrogens with zero attached hydrogens (tertiary/aromatic N) is 6. The zero-order chi connectivity index (χ0) is 21.8. The lowest BCUT2D eigenvalue weighted by molar-refractivity contribution is 0.0983. The van der Waals surface area contributed by atoms with Crippen LogP contribution in [0.5, 0.6) is 5.75 Å². The number of tetrazole rings is 1. The molecule has 168 valence electrons. The molecule has 2 heterocycles. The van der Waals surface area contributed by atoms with Gasteiger partial charge in [0.15, 0.2) is 5.82 Å². The number of rotatable bonds is 7. The fourth-order valence-corrected chi connectivity index (χ4v) is 5.20. The first-order chi connectivity index (χ1) is 15.8. The second-order valence-corrected chi connectivity index (χ2v) is 8.86. The Hall–Kier alpha value is -2.77. The molecule has 1 atom stereocenters. The summed E-state index contributed by atoms with van der Waals surface area (Å²) in [5.41, 5.74) is 2.51. The summed E-state index contributed by atoms with van der Waals surface area (Å²) in [4.78, 5) is 5.06. The van der Waals surface area contributed by atoms with E-state index < -0.39 is 0 Å². The molecule has 0 N–H and O–H groups in total. The van der Waals surface area contributed by atoms with Gasteiger partial charge in [-0.15, -0.1) is 5.10 Å². The quantitative estimate of drug-likeness (QED) is 0.567. The third-order valence-electron chi connectivity index (χ3n) is 6.89. The lowest BCUT2D eigenvalue weighted by Crippen LogP contribution is -2.48. The molecule has 32 heavy (non-hydrogen) atoms. The summed E-state index contributed by atoms with van der Waals surface area (Å²) in [6.07, 6.45) is 4.81. The Bertz CT molecular complexity index is 992. The minimum absolute atomic E-state index is 0.0133. The Morgan fingerprint density at radius 3 is 2.41 bits per heavy atom. The van der Waals surface area contributed by atoms with E-state index in [2.05, 4.69) is 72.5 Å². The molecule has 1 aromatic heterocycles. The predicted octanol–water partition coefficient (Wildman–Crippen LogP) is 3.70. The Morgan fingerprint density at radius 1 is 0.938 bits per heavy atom. The molecule has 1 saturated carbocycles. The van der Waals surface area contributed by atoms with Crippen molar-refractivity contribution in [2.24, 2.45) is 0 Å². The monoisotopic (exact) mass is 432 g/mol. The highest BCUT2D eigenvalue weighted by Crippen LogP contribution is 2.37. The summed E-state index contributed by atoms with van der Waals surface area (Å²) >= 11 is 0. The normalized spacial score (nSPS) is 19.3. The van der Waals surface area contributed by atoms with E-state index in [1.54, 1.807) is 7.11 Å². The van der Waals surface area contributed by atoms with Crippen molar-refractivity contribution in [3.63, 3.8) is 0 Å². The third-order valence-corrected chi connectivity index (χ3v) is 6.89. The number of benzene rings is 2. The Kier molecular flexibility index (Phi) is 6.46. The first kappa shape index (κ1) is 21.1. The average Bonchev–Trinajstić information content (AvgIpc) is 3.54. The number of hydrogen-bond donors (Lipinski definition) is 0. The van der Waals surface area contributed by atoms with Gasteiger partial charge in [-0.05, 0) is 34.9 Å². The van der Waals surface area contributed by atoms with Gasteiger partial charge in [-0.2, -0.15) is 0 Å². The van der Waals surface area contributed by atoms with Gasteiger partial charge in [0, 0.05) is 38.3 Å². The molecule has 0 radical (unpaired) electrons. The van der Waals surface area contributed by atoms with Crippen molar-refractivity contribution in [1.29, 1.82) is 0 Å². The molecule has 1 aliphatic heterocycles. The molecular weight excluding hydrogens is 400 g/mol. The molecule has 1 saturated heterocycles. The number of hydrogen-bond acceptors (Lipinski definition) is 6. The summed E-state index contributed by atoms with van der Waals surface area (Å²) in [6.45, 7) is 4.96. The van der Waals surface area contributed by atoms with Gasteiger partial charge in [-0.25, -0.2) is 4.68 Å². The topological polar surface area (TPSA) is 59.3 Å². The van der Waals surface area contributed by atoms with Crippen LogP contribution in [0.3, 0.4) is 0 Å². The molecule has 5 rings (SSSR count). The van der Waals surface area contributed by atoms with E-state index in [-0.39, 0.29) is 6.04 Å². The molecular formula is C25H32N6O. The molecule has 0 spiro atoms. The van der Waals surface area contributed by atoms with Gasteiger partial charge in [-0.3, -0.25) is 9.80 Å². The molecule has 2 aromatic carbocycles. The third kappa shape index (κ3) is 4.40. The molecule has 0 amide bonds. The fourth-order valence-electron chi connectivity index (χ4n) is 5.20. The molecule has 0 bridgehead atoms. The van der Waals surface area contributed by atoms with Gasteiger partial charge >= 0.3 is 0 Å². The van der Waals surface area contributed by atoms with E-state index in [4.69, 9.17) is 4.74 Å². The fraction of sp³-hybridized carbons (Fsp3) is 0.480. The van der Waals surface area contributed by atoms with E-state index in [0.717, 1.165) is 62.7 Å². The highest BCUT2D eigenvalue weighted by atomic mass is 16.5. The zero-order valence-electron chi connectivity index (χ0n) is 18.8. The van der Waals surface area contributed by atoms with Crippen LogP contribution < -0.4 is 4.74 Å². The molecule has 0 unspecified atom stereocenters. The van der Waals surface area contributed by atoms with Crippen molar-refractivity contribution in [1.82, 2.24) is 30.0 Å². The minimum atomic E-state index is -0.0133. The second-order valence-electron chi connectivity index (χ2n) is 8.86. The zero-order valence-corrected chi connectivity index (χ0v) is 18.8. The van der Waals surface area contributed by atoms with Crippen LogP contribution in [0.2, 0.25) is 0 Å². The summed E-state index contributed by atoms with van der Waals surface area (Å²) in [5, 5.41) is 13.1. The average molecular weight is 433 g/mol. The first-order valence-electron chi connectivity index (χ1n) is 11.7. The van der Waals surface area contributed by atoms with Crippen molar-refractivity contribution in [2.75, 3.05) is 33.3 Å². The number of ether oxygens (including phenoxy) is 1. The van der Waals surface area contributed by atoms with Gasteiger partial charge in [0.2, 0.25) is 0 Å². The molecule has 1 aliphatic carbocycles. The summed E-state index contributed by atoms with van der Waals surface area (Å²) in [6, 6.07) is 19.4. The molecule has 7 heteroatoms. The molecule has 7 nitrogen and oxygen atoms in total. The summed E-state index contributed by atoms with van der Waals surface area (Å²) in [5.74, 6) is 1.84. The van der Waals surface area contributed by atoms with E-state index in [1.807, 2.05) is 12.1 Å². The van der Waals surface area contributed by atoms with Crippen LogP contribution in [0, 0.1) is 0 Å². The highest BCUT2D eigenvalue weighted by molar-refractivity contribution is 5.39. The van der Waals surface area contributed by atoms with Crippen molar-refractivity contribution >= 4 is 0 Å². The number of aromatic nitrogens is 4. The summed E-state index contributed by atoms with van der Waals surface area (Å²) < 4.78 is 7.86. The predicted molar refractivity (Wildman–Crippen MR) is 123 cm³/mol. The van der Waals surface area contributed by atoms with Crippen LogP contribution in [0.4, 0.5) is 0 Å². The molecule has 2 fully saturated rings. The minimum Gasteiger partial charge on any atom is -0.496 e. The van der Waals surface area contributed by atoms with Gasteiger partial charge < -0.3 is 4.74 Å². The van der Waals surface area contributed by atoms with Crippen molar-refractivity contribution in [3.8, 4) is 5.75 Å². The maximum atomic E-state index is 5.77. The van der Waals surface area contributed by atoms with Gasteiger partial charge in [-0.1, -0.05) is 61.4 Å². The smallest absolute Gasteiger partial charge is 0.173 e. The van der Waals surface area contributed by atoms with E-state index in [1.165, 1.54) is 18.4 Å². The van der Waals surface area contributed by atoms with Crippen molar-refractivity contribution in [2.45, 2.75) is 44.3 Å². The molecule has 3 aromatic rings. The standard InChI is InChI=1S/C25H32N6O/c1-32-23-14-8-7-13-22(23)24(25-26-27-28-31(25)21-11-5-6-12-21)30-17-15-29(16-18-30)19-20-9-3-2-4-10-20/h2-4,7-10,13-14,21,24H,5-6,11-12,15-19H2,1H3/t24-/m0/s1. The maximum absolute atomic E-state index is 5.77. The lowest BCUT2D eigenvalue weighted by atomic mass is 10.0. The second kappa shape index (κ2) is 9.79. The van der Waals surface area contributed by atoms with E-state index in [9.17, 15) is 0 Å². The maximum Gasteiger partial charge on any atom is 0.173 e. The Balaban J connectivity index is 1.41. The van der Waals surface area contributed by atoms with Crippen molar-refractivity contribution in [3.05, 3.63) is 71.5 Å². The van der Waals surface area contributed by atoms with E-state index in [0.29, 0.717) is 6.04 Å². The first-order valence-corrected chi connectivity index (χ1v) is 11.7.